The van der Waals surface area contributed by atoms with Gasteiger partial charge in [-0.05, 0) is 37.1 Å². The van der Waals surface area contributed by atoms with Crippen LogP contribution in [0.25, 0.3) is 0 Å². The fourth-order valence-corrected chi connectivity index (χ4v) is 4.08. The molecule has 2 N–H and O–H groups in total. The molecule has 33 heavy (non-hydrogen) atoms. The monoisotopic (exact) mass is 458 g/mol. The standard InChI is InChI=1S/C25H34N2O6/c1-5-6-18-16-32-14-13-27(18)25(28)20-15-21(23(30-3)24(31-4)22(20)29-2)33-19-9-7-17(8-10-19)11-12-26/h7-10,15,18H,5-6,11-14,16,26H2,1-4H3. The molecule has 0 bridgehead atoms. The van der Waals surface area contributed by atoms with Crippen LogP contribution in [0.4, 0.5) is 0 Å². The summed E-state index contributed by atoms with van der Waals surface area (Å²) in [5.41, 5.74) is 7.11. The Hall–Kier alpha value is -2.97. The SMILES string of the molecule is CCCC1COCCN1C(=O)c1cc(Oc2ccc(CCN)cc2)c(OC)c(OC)c1OC. The summed E-state index contributed by atoms with van der Waals surface area (Å²) in [6.45, 7) is 4.21. The van der Waals surface area contributed by atoms with Crippen molar-refractivity contribution in [3.63, 3.8) is 0 Å². The zero-order valence-corrected chi connectivity index (χ0v) is 19.9. The lowest BCUT2D eigenvalue weighted by Gasteiger charge is -2.36. The van der Waals surface area contributed by atoms with Crippen LogP contribution < -0.4 is 24.7 Å². The Morgan fingerprint density at radius 2 is 1.79 bits per heavy atom. The van der Waals surface area contributed by atoms with E-state index in [0.29, 0.717) is 60.6 Å². The minimum absolute atomic E-state index is 0.00788. The fraction of sp³-hybridized carbons (Fsp3) is 0.480. The number of methoxy groups -OCH3 is 3. The number of rotatable bonds is 10. The molecule has 1 aliphatic rings. The van der Waals surface area contributed by atoms with E-state index in [-0.39, 0.29) is 11.9 Å². The van der Waals surface area contributed by atoms with Crippen molar-refractivity contribution in [3.8, 4) is 28.7 Å². The molecule has 1 unspecified atom stereocenters. The number of hydrogen-bond acceptors (Lipinski definition) is 7. The second kappa shape index (κ2) is 11.8. The second-order valence-corrected chi connectivity index (χ2v) is 7.82. The molecule has 1 fully saturated rings. The maximum absolute atomic E-state index is 13.7. The lowest BCUT2D eigenvalue weighted by molar-refractivity contribution is -0.00451. The summed E-state index contributed by atoms with van der Waals surface area (Å²) in [6, 6.07) is 9.32. The van der Waals surface area contributed by atoms with Gasteiger partial charge in [0, 0.05) is 12.6 Å². The fourth-order valence-electron chi connectivity index (χ4n) is 4.08. The van der Waals surface area contributed by atoms with E-state index in [1.807, 2.05) is 29.2 Å². The van der Waals surface area contributed by atoms with Gasteiger partial charge in [0.25, 0.3) is 5.91 Å². The van der Waals surface area contributed by atoms with Crippen molar-refractivity contribution < 1.29 is 28.5 Å². The van der Waals surface area contributed by atoms with E-state index in [0.717, 1.165) is 24.8 Å². The van der Waals surface area contributed by atoms with Crippen molar-refractivity contribution >= 4 is 5.91 Å². The topological polar surface area (TPSA) is 92.5 Å². The number of carbonyl (C=O) groups is 1. The Morgan fingerprint density at radius 3 is 2.39 bits per heavy atom. The highest BCUT2D eigenvalue weighted by Gasteiger charge is 2.33. The molecule has 2 aromatic carbocycles. The highest BCUT2D eigenvalue weighted by Crippen LogP contribution is 2.48. The summed E-state index contributed by atoms with van der Waals surface area (Å²) >= 11 is 0. The number of nitrogens with zero attached hydrogens (tertiary/aromatic N) is 1. The van der Waals surface area contributed by atoms with E-state index in [9.17, 15) is 4.79 Å². The maximum atomic E-state index is 13.7. The molecule has 0 aromatic heterocycles. The molecule has 0 aliphatic carbocycles. The van der Waals surface area contributed by atoms with Gasteiger partial charge in [-0.2, -0.15) is 0 Å². The summed E-state index contributed by atoms with van der Waals surface area (Å²) in [5.74, 6) is 1.79. The molecule has 8 heteroatoms. The Balaban J connectivity index is 2.03. The van der Waals surface area contributed by atoms with Gasteiger partial charge < -0.3 is 34.3 Å². The first-order valence-electron chi connectivity index (χ1n) is 11.3. The maximum Gasteiger partial charge on any atom is 0.258 e. The van der Waals surface area contributed by atoms with Gasteiger partial charge in [-0.25, -0.2) is 0 Å². The van der Waals surface area contributed by atoms with E-state index >= 15 is 0 Å². The van der Waals surface area contributed by atoms with Gasteiger partial charge in [0.15, 0.2) is 11.5 Å². The van der Waals surface area contributed by atoms with Gasteiger partial charge in [0.05, 0.1) is 46.1 Å². The number of amides is 1. The van der Waals surface area contributed by atoms with Crippen LogP contribution in [0.2, 0.25) is 0 Å². The van der Waals surface area contributed by atoms with Gasteiger partial charge in [-0.3, -0.25) is 4.79 Å². The smallest absolute Gasteiger partial charge is 0.258 e. The van der Waals surface area contributed by atoms with Crippen molar-refractivity contribution in [2.45, 2.75) is 32.2 Å². The molecule has 0 radical (unpaired) electrons. The van der Waals surface area contributed by atoms with Crippen LogP contribution in [0.3, 0.4) is 0 Å². The number of nitrogens with two attached hydrogens (primary N) is 1. The molecule has 1 amide bonds. The highest BCUT2D eigenvalue weighted by molar-refractivity contribution is 5.99. The third-order valence-electron chi connectivity index (χ3n) is 5.69. The lowest BCUT2D eigenvalue weighted by atomic mass is 10.1. The van der Waals surface area contributed by atoms with Crippen LogP contribution in [0, 0.1) is 0 Å². The van der Waals surface area contributed by atoms with Crippen LogP contribution in [0.1, 0.15) is 35.7 Å². The third-order valence-corrected chi connectivity index (χ3v) is 5.69. The summed E-state index contributed by atoms with van der Waals surface area (Å²) in [5, 5.41) is 0. The van der Waals surface area contributed by atoms with Crippen molar-refractivity contribution in [1.29, 1.82) is 0 Å². The Morgan fingerprint density at radius 1 is 1.09 bits per heavy atom. The van der Waals surface area contributed by atoms with Gasteiger partial charge >= 0.3 is 0 Å². The average molecular weight is 459 g/mol. The van der Waals surface area contributed by atoms with Crippen LogP contribution in [0.5, 0.6) is 28.7 Å². The molecular weight excluding hydrogens is 424 g/mol. The van der Waals surface area contributed by atoms with Gasteiger partial charge in [-0.15, -0.1) is 0 Å². The first-order chi connectivity index (χ1) is 16.1. The molecular formula is C25H34N2O6. The van der Waals surface area contributed by atoms with E-state index in [4.69, 9.17) is 29.4 Å². The number of hydrogen-bond donors (Lipinski definition) is 1. The third kappa shape index (κ3) is 5.51. The minimum Gasteiger partial charge on any atom is -0.492 e. The number of ether oxygens (including phenoxy) is 5. The molecule has 0 spiro atoms. The molecule has 3 rings (SSSR count). The number of carbonyl (C=O) groups excluding carboxylic acids is 1. The second-order valence-electron chi connectivity index (χ2n) is 7.82. The molecule has 2 aromatic rings. The molecule has 1 atom stereocenters. The lowest BCUT2D eigenvalue weighted by Crippen LogP contribution is -2.48. The normalized spacial score (nSPS) is 15.8. The quantitative estimate of drug-likeness (QED) is 0.581. The predicted octanol–water partition coefficient (Wildman–Crippen LogP) is 3.65. The summed E-state index contributed by atoms with van der Waals surface area (Å²) in [6.07, 6.45) is 2.60. The van der Waals surface area contributed by atoms with E-state index in [2.05, 4.69) is 6.92 Å². The summed E-state index contributed by atoms with van der Waals surface area (Å²) < 4.78 is 28.6. The average Bonchev–Trinajstić information content (AvgIpc) is 2.84. The zero-order chi connectivity index (χ0) is 23.8. The van der Waals surface area contributed by atoms with Gasteiger partial charge in [0.2, 0.25) is 11.5 Å². The molecule has 0 saturated carbocycles. The zero-order valence-electron chi connectivity index (χ0n) is 19.9. The Bertz CT molecular complexity index is 929. The molecule has 1 saturated heterocycles. The van der Waals surface area contributed by atoms with Crippen LogP contribution >= 0.6 is 0 Å². The van der Waals surface area contributed by atoms with Crippen LogP contribution in [-0.2, 0) is 11.2 Å². The van der Waals surface area contributed by atoms with E-state index in [1.165, 1.54) is 21.3 Å². The first kappa shape index (κ1) is 24.7. The van der Waals surface area contributed by atoms with Crippen molar-refractivity contribution in [2.75, 3.05) is 47.6 Å². The Kier molecular flexibility index (Phi) is 8.79. The van der Waals surface area contributed by atoms with Crippen molar-refractivity contribution in [1.82, 2.24) is 4.90 Å². The molecule has 8 nitrogen and oxygen atoms in total. The number of benzene rings is 2. The summed E-state index contributed by atoms with van der Waals surface area (Å²) in [4.78, 5) is 15.5. The summed E-state index contributed by atoms with van der Waals surface area (Å²) in [7, 11) is 4.54. The van der Waals surface area contributed by atoms with E-state index in [1.54, 1.807) is 6.07 Å². The van der Waals surface area contributed by atoms with Crippen molar-refractivity contribution in [3.05, 3.63) is 41.5 Å². The Labute approximate surface area is 195 Å². The molecule has 180 valence electrons. The minimum atomic E-state index is -0.155. The van der Waals surface area contributed by atoms with Crippen LogP contribution in [-0.4, -0.2) is 64.5 Å². The van der Waals surface area contributed by atoms with Gasteiger partial charge in [-0.1, -0.05) is 25.5 Å². The molecule has 1 heterocycles. The first-order valence-corrected chi connectivity index (χ1v) is 11.3. The number of morpholine rings is 1. The predicted molar refractivity (Wildman–Crippen MR) is 126 cm³/mol. The largest absolute Gasteiger partial charge is 0.492 e. The van der Waals surface area contributed by atoms with E-state index < -0.39 is 0 Å². The van der Waals surface area contributed by atoms with Crippen molar-refractivity contribution in [2.24, 2.45) is 5.73 Å². The highest BCUT2D eigenvalue weighted by atomic mass is 16.5. The van der Waals surface area contributed by atoms with Gasteiger partial charge in [0.1, 0.15) is 5.75 Å². The molecule has 1 aliphatic heterocycles. The van der Waals surface area contributed by atoms with Crippen LogP contribution in [0.15, 0.2) is 30.3 Å².